The fraction of sp³-hybridized carbons (Fsp3) is 0.200. The number of nitrogens with zero attached hydrogens (tertiary/aromatic N) is 1. The SMILES string of the molecule is CC(C)CNC(=O)c1ccccc1NC(=O)CN1c2ccc(F)cc2-c2ccccc2S1(=O)=O. The average Bonchev–Trinajstić information content (AvgIpc) is 2.81. The summed E-state index contributed by atoms with van der Waals surface area (Å²) < 4.78 is 41.7. The molecule has 9 heteroatoms. The van der Waals surface area contributed by atoms with Gasteiger partial charge in [0.05, 0.1) is 21.8 Å². The number of nitrogens with one attached hydrogen (secondary N) is 2. The fourth-order valence-electron chi connectivity index (χ4n) is 3.78. The number of benzene rings is 3. The molecular weight excluding hydrogens is 457 g/mol. The molecule has 0 spiro atoms. The maximum atomic E-state index is 14.0. The van der Waals surface area contributed by atoms with Gasteiger partial charge >= 0.3 is 0 Å². The number of fused-ring (bicyclic) bond motifs is 3. The molecule has 0 radical (unpaired) electrons. The van der Waals surface area contributed by atoms with E-state index in [9.17, 15) is 22.4 Å². The lowest BCUT2D eigenvalue weighted by atomic mass is 10.0. The number of carbonyl (C=O) groups excluding carboxylic acids is 2. The van der Waals surface area contributed by atoms with E-state index in [1.807, 2.05) is 13.8 Å². The van der Waals surface area contributed by atoms with Gasteiger partial charge in [-0.25, -0.2) is 12.8 Å². The largest absolute Gasteiger partial charge is 0.352 e. The van der Waals surface area contributed by atoms with Crippen LogP contribution in [0.25, 0.3) is 11.1 Å². The van der Waals surface area contributed by atoms with E-state index in [1.54, 1.807) is 42.5 Å². The minimum absolute atomic E-state index is 0.00522. The summed E-state index contributed by atoms with van der Waals surface area (Å²) in [6.07, 6.45) is 0. The summed E-state index contributed by atoms with van der Waals surface area (Å²) in [5.74, 6) is -1.24. The molecule has 176 valence electrons. The van der Waals surface area contributed by atoms with Crippen LogP contribution in [0.2, 0.25) is 0 Å². The highest BCUT2D eigenvalue weighted by molar-refractivity contribution is 7.93. The number of halogens is 1. The van der Waals surface area contributed by atoms with Crippen molar-refractivity contribution in [2.75, 3.05) is 22.7 Å². The molecule has 2 N–H and O–H groups in total. The van der Waals surface area contributed by atoms with Gasteiger partial charge < -0.3 is 10.6 Å². The molecule has 3 aromatic carbocycles. The van der Waals surface area contributed by atoms with E-state index in [1.165, 1.54) is 18.2 Å². The average molecular weight is 482 g/mol. The lowest BCUT2D eigenvalue weighted by Gasteiger charge is -2.31. The van der Waals surface area contributed by atoms with E-state index in [0.717, 1.165) is 10.4 Å². The van der Waals surface area contributed by atoms with Crippen LogP contribution in [0.1, 0.15) is 24.2 Å². The Bertz CT molecular complexity index is 1370. The van der Waals surface area contributed by atoms with Crippen molar-refractivity contribution in [1.82, 2.24) is 5.32 Å². The molecule has 2 amide bonds. The van der Waals surface area contributed by atoms with Crippen LogP contribution >= 0.6 is 0 Å². The van der Waals surface area contributed by atoms with E-state index in [2.05, 4.69) is 10.6 Å². The Morgan fingerprint density at radius 1 is 0.971 bits per heavy atom. The molecule has 0 atom stereocenters. The highest BCUT2D eigenvalue weighted by Crippen LogP contribution is 2.43. The van der Waals surface area contributed by atoms with Gasteiger partial charge in [0, 0.05) is 17.7 Å². The number of amides is 2. The summed E-state index contributed by atoms with van der Waals surface area (Å²) >= 11 is 0. The predicted molar refractivity (Wildman–Crippen MR) is 129 cm³/mol. The van der Waals surface area contributed by atoms with Gasteiger partial charge in [0.25, 0.3) is 15.9 Å². The summed E-state index contributed by atoms with van der Waals surface area (Å²) in [6.45, 7) is 3.86. The molecule has 1 aliphatic rings. The second-order valence-electron chi connectivity index (χ2n) is 8.37. The Kier molecular flexibility index (Phi) is 6.39. The molecule has 34 heavy (non-hydrogen) atoms. The highest BCUT2D eigenvalue weighted by atomic mass is 32.2. The van der Waals surface area contributed by atoms with E-state index in [4.69, 9.17) is 0 Å². The molecule has 7 nitrogen and oxygen atoms in total. The van der Waals surface area contributed by atoms with E-state index < -0.39 is 28.3 Å². The zero-order chi connectivity index (χ0) is 24.5. The van der Waals surface area contributed by atoms with Gasteiger partial charge in [0.15, 0.2) is 0 Å². The predicted octanol–water partition coefficient (Wildman–Crippen LogP) is 4.03. The zero-order valence-corrected chi connectivity index (χ0v) is 19.5. The number of sulfonamides is 1. The summed E-state index contributed by atoms with van der Waals surface area (Å²) in [5.41, 5.74) is 1.50. The van der Waals surface area contributed by atoms with E-state index in [0.29, 0.717) is 17.7 Å². The lowest BCUT2D eigenvalue weighted by molar-refractivity contribution is -0.114. The number of hydrogen-bond acceptors (Lipinski definition) is 4. The van der Waals surface area contributed by atoms with Crippen molar-refractivity contribution >= 4 is 33.2 Å². The van der Waals surface area contributed by atoms with Gasteiger partial charge in [-0.15, -0.1) is 0 Å². The Hall–Kier alpha value is -3.72. The van der Waals surface area contributed by atoms with Gasteiger partial charge in [-0.3, -0.25) is 13.9 Å². The van der Waals surface area contributed by atoms with Gasteiger partial charge in [-0.05, 0) is 42.3 Å². The third-order valence-electron chi connectivity index (χ3n) is 5.38. The third-order valence-corrected chi connectivity index (χ3v) is 7.19. The standard InChI is InChI=1S/C25H24FN3O4S/c1-16(2)14-27-25(31)19-8-3-5-9-21(19)28-24(30)15-29-22-12-11-17(26)13-20(22)18-7-4-6-10-23(18)34(29,32)33/h3-13,16H,14-15H2,1-2H3,(H,27,31)(H,28,30). The van der Waals surface area contributed by atoms with Crippen LogP contribution in [-0.2, 0) is 14.8 Å². The van der Waals surface area contributed by atoms with Crippen LogP contribution in [0, 0.1) is 11.7 Å². The van der Waals surface area contributed by atoms with Crippen molar-refractivity contribution < 1.29 is 22.4 Å². The normalized spacial score (nSPS) is 13.7. The Labute approximate surface area is 197 Å². The number of hydrogen-bond donors (Lipinski definition) is 2. The van der Waals surface area contributed by atoms with Crippen molar-refractivity contribution in [1.29, 1.82) is 0 Å². The van der Waals surface area contributed by atoms with Gasteiger partial charge in [0.1, 0.15) is 12.4 Å². The van der Waals surface area contributed by atoms with Gasteiger partial charge in [0.2, 0.25) is 5.91 Å². The maximum absolute atomic E-state index is 14.0. The summed E-state index contributed by atoms with van der Waals surface area (Å²) in [4.78, 5) is 25.5. The molecule has 0 unspecified atom stereocenters. The summed E-state index contributed by atoms with van der Waals surface area (Å²) in [5, 5.41) is 5.45. The number of para-hydroxylation sites is 1. The molecule has 0 aromatic heterocycles. The molecule has 1 heterocycles. The first kappa shape index (κ1) is 23.4. The fourth-order valence-corrected chi connectivity index (χ4v) is 5.43. The second-order valence-corrected chi connectivity index (χ2v) is 10.2. The third kappa shape index (κ3) is 4.51. The molecule has 0 fully saturated rings. The Morgan fingerprint density at radius 2 is 1.68 bits per heavy atom. The minimum Gasteiger partial charge on any atom is -0.352 e. The van der Waals surface area contributed by atoms with Crippen LogP contribution in [0.15, 0.2) is 71.6 Å². The number of rotatable bonds is 6. The Morgan fingerprint density at radius 3 is 2.44 bits per heavy atom. The summed E-state index contributed by atoms with van der Waals surface area (Å²) in [7, 11) is -4.07. The van der Waals surface area contributed by atoms with Crippen molar-refractivity contribution in [3.63, 3.8) is 0 Å². The van der Waals surface area contributed by atoms with Gasteiger partial charge in [-0.1, -0.05) is 44.2 Å². The van der Waals surface area contributed by atoms with Crippen LogP contribution < -0.4 is 14.9 Å². The zero-order valence-electron chi connectivity index (χ0n) is 18.7. The van der Waals surface area contributed by atoms with Crippen LogP contribution in [0.4, 0.5) is 15.8 Å². The van der Waals surface area contributed by atoms with Crippen molar-refractivity contribution in [3.8, 4) is 11.1 Å². The maximum Gasteiger partial charge on any atom is 0.265 e. The molecule has 0 aliphatic carbocycles. The quantitative estimate of drug-likeness (QED) is 0.556. The van der Waals surface area contributed by atoms with Crippen LogP contribution in [0.3, 0.4) is 0 Å². The molecule has 0 saturated heterocycles. The smallest absolute Gasteiger partial charge is 0.265 e. The number of anilines is 2. The second kappa shape index (κ2) is 9.26. The first-order valence-corrected chi connectivity index (χ1v) is 12.2. The van der Waals surface area contributed by atoms with E-state index >= 15 is 0 Å². The lowest BCUT2D eigenvalue weighted by Crippen LogP contribution is -2.40. The van der Waals surface area contributed by atoms with Gasteiger partial charge in [-0.2, -0.15) is 0 Å². The first-order chi connectivity index (χ1) is 16.2. The molecule has 1 aliphatic heterocycles. The monoisotopic (exact) mass is 481 g/mol. The molecule has 0 bridgehead atoms. The molecule has 3 aromatic rings. The van der Waals surface area contributed by atoms with Crippen molar-refractivity contribution in [2.45, 2.75) is 18.7 Å². The summed E-state index contributed by atoms with van der Waals surface area (Å²) in [6, 6.07) is 16.5. The van der Waals surface area contributed by atoms with Crippen LogP contribution in [-0.4, -0.2) is 33.3 Å². The highest BCUT2D eigenvalue weighted by Gasteiger charge is 2.36. The molecule has 4 rings (SSSR count). The van der Waals surface area contributed by atoms with E-state index in [-0.39, 0.29) is 33.7 Å². The number of carbonyl (C=O) groups is 2. The first-order valence-electron chi connectivity index (χ1n) is 10.8. The minimum atomic E-state index is -4.07. The van der Waals surface area contributed by atoms with Crippen molar-refractivity contribution in [3.05, 3.63) is 78.1 Å². The van der Waals surface area contributed by atoms with Crippen LogP contribution in [0.5, 0.6) is 0 Å². The Balaban J connectivity index is 1.63. The van der Waals surface area contributed by atoms with Crippen molar-refractivity contribution in [2.24, 2.45) is 5.92 Å². The molecule has 0 saturated carbocycles. The molecular formula is C25H24FN3O4S. The topological polar surface area (TPSA) is 95.6 Å².